The fourth-order valence-electron chi connectivity index (χ4n) is 1.96. The number of ether oxygens (including phenoxy) is 2. The third kappa shape index (κ3) is 3.60. The van der Waals surface area contributed by atoms with E-state index in [1.165, 1.54) is 7.11 Å². The maximum Gasteiger partial charge on any atom is 0.305 e. The van der Waals surface area contributed by atoms with Gasteiger partial charge in [0.25, 0.3) is 0 Å². The summed E-state index contributed by atoms with van der Waals surface area (Å²) in [6.45, 7) is 0.723. The molecule has 0 unspecified atom stereocenters. The Bertz CT molecular complexity index is 561. The molecule has 0 saturated heterocycles. The molecule has 5 nitrogen and oxygen atoms in total. The molecule has 106 valence electrons. The number of nitrogens with zero attached hydrogens (tertiary/aromatic N) is 2. The van der Waals surface area contributed by atoms with Crippen LogP contribution < -0.4 is 4.74 Å². The van der Waals surface area contributed by atoms with Crippen molar-refractivity contribution >= 4 is 5.97 Å². The number of methoxy groups -OCH3 is 2. The lowest BCUT2D eigenvalue weighted by atomic mass is 10.2. The van der Waals surface area contributed by atoms with Gasteiger partial charge in [0.1, 0.15) is 5.75 Å². The molecule has 0 spiro atoms. The van der Waals surface area contributed by atoms with Gasteiger partial charge in [-0.2, -0.15) is 0 Å². The van der Waals surface area contributed by atoms with Crippen molar-refractivity contribution in [2.24, 2.45) is 0 Å². The second-order valence-electron chi connectivity index (χ2n) is 4.44. The van der Waals surface area contributed by atoms with Crippen LogP contribution in [0.2, 0.25) is 0 Å². The lowest BCUT2D eigenvalue weighted by Gasteiger charge is -2.08. The van der Waals surface area contributed by atoms with Crippen LogP contribution in [-0.4, -0.2) is 29.7 Å². The highest BCUT2D eigenvalue weighted by atomic mass is 16.5. The molecular weight excluding hydrogens is 256 g/mol. The van der Waals surface area contributed by atoms with Gasteiger partial charge in [0.05, 0.1) is 27.0 Å². The van der Waals surface area contributed by atoms with Crippen molar-refractivity contribution in [2.45, 2.75) is 19.4 Å². The van der Waals surface area contributed by atoms with Gasteiger partial charge in [-0.1, -0.05) is 12.1 Å². The molecule has 20 heavy (non-hydrogen) atoms. The Morgan fingerprint density at radius 2 is 2.00 bits per heavy atom. The number of esters is 1. The molecule has 5 heteroatoms. The normalized spacial score (nSPS) is 10.3. The van der Waals surface area contributed by atoms with Crippen molar-refractivity contribution in [3.05, 3.63) is 48.0 Å². The molecule has 0 bridgehead atoms. The first-order valence-corrected chi connectivity index (χ1v) is 6.41. The predicted octanol–water partition coefficient (Wildman–Crippen LogP) is 2.05. The van der Waals surface area contributed by atoms with Gasteiger partial charge in [0.15, 0.2) is 0 Å². The lowest BCUT2D eigenvalue weighted by Crippen LogP contribution is -2.07. The lowest BCUT2D eigenvalue weighted by molar-refractivity contribution is -0.140. The number of carbonyl (C=O) groups is 1. The fraction of sp³-hybridized carbons (Fsp3) is 0.333. The maximum absolute atomic E-state index is 11.2. The van der Waals surface area contributed by atoms with Crippen molar-refractivity contribution in [2.75, 3.05) is 14.2 Å². The Morgan fingerprint density at radius 1 is 1.25 bits per heavy atom. The number of rotatable bonds is 6. The van der Waals surface area contributed by atoms with Gasteiger partial charge in [0, 0.05) is 18.4 Å². The summed E-state index contributed by atoms with van der Waals surface area (Å²) < 4.78 is 11.8. The Balaban J connectivity index is 2.02. The number of hydrogen-bond acceptors (Lipinski definition) is 4. The standard InChI is InChI=1S/C15H18N2O3/c1-19-14-6-3-12(4-7-14)10-17-11-16-9-13(17)5-8-15(18)20-2/h3-4,6-7,9,11H,5,8,10H2,1-2H3. The molecule has 2 rings (SSSR count). The highest BCUT2D eigenvalue weighted by Gasteiger charge is 2.07. The molecular formula is C15H18N2O3. The highest BCUT2D eigenvalue weighted by molar-refractivity contribution is 5.69. The zero-order chi connectivity index (χ0) is 14.4. The zero-order valence-electron chi connectivity index (χ0n) is 11.7. The summed E-state index contributed by atoms with van der Waals surface area (Å²) in [6, 6.07) is 7.90. The Morgan fingerprint density at radius 3 is 2.65 bits per heavy atom. The monoisotopic (exact) mass is 274 g/mol. The van der Waals surface area contributed by atoms with E-state index >= 15 is 0 Å². The predicted molar refractivity (Wildman–Crippen MR) is 74.7 cm³/mol. The van der Waals surface area contributed by atoms with Crippen LogP contribution in [0.1, 0.15) is 17.7 Å². The summed E-state index contributed by atoms with van der Waals surface area (Å²) in [4.78, 5) is 15.3. The maximum atomic E-state index is 11.2. The first kappa shape index (κ1) is 14.1. The molecule has 0 amide bonds. The van der Waals surface area contributed by atoms with E-state index in [9.17, 15) is 4.79 Å². The van der Waals surface area contributed by atoms with Crippen LogP contribution in [0.3, 0.4) is 0 Å². The van der Waals surface area contributed by atoms with Gasteiger partial charge >= 0.3 is 5.97 Å². The SMILES string of the molecule is COC(=O)CCc1cncn1Cc1ccc(OC)cc1. The first-order valence-electron chi connectivity index (χ1n) is 6.41. The largest absolute Gasteiger partial charge is 0.497 e. The summed E-state index contributed by atoms with van der Waals surface area (Å²) in [5.74, 6) is 0.632. The van der Waals surface area contributed by atoms with Crippen molar-refractivity contribution in [3.8, 4) is 5.75 Å². The Hall–Kier alpha value is -2.30. The van der Waals surface area contributed by atoms with Gasteiger partial charge in [0.2, 0.25) is 0 Å². The summed E-state index contributed by atoms with van der Waals surface area (Å²) >= 11 is 0. The molecule has 1 aromatic heterocycles. The minimum Gasteiger partial charge on any atom is -0.497 e. The summed E-state index contributed by atoms with van der Waals surface area (Å²) in [5, 5.41) is 0. The smallest absolute Gasteiger partial charge is 0.305 e. The third-order valence-electron chi connectivity index (χ3n) is 3.12. The molecule has 2 aromatic rings. The van der Waals surface area contributed by atoms with Gasteiger partial charge in [-0.15, -0.1) is 0 Å². The van der Waals surface area contributed by atoms with E-state index in [1.54, 1.807) is 19.6 Å². The van der Waals surface area contributed by atoms with E-state index in [1.807, 2.05) is 28.8 Å². The van der Waals surface area contributed by atoms with Gasteiger partial charge in [-0.05, 0) is 24.1 Å². The van der Waals surface area contributed by atoms with E-state index in [4.69, 9.17) is 4.74 Å². The molecule has 0 aliphatic heterocycles. The molecule has 1 aromatic carbocycles. The Kier molecular flexibility index (Phi) is 4.76. The van der Waals surface area contributed by atoms with E-state index in [-0.39, 0.29) is 5.97 Å². The van der Waals surface area contributed by atoms with Crippen LogP contribution in [0.25, 0.3) is 0 Å². The minimum atomic E-state index is -0.206. The molecule has 1 heterocycles. The van der Waals surface area contributed by atoms with Crippen LogP contribution in [0.4, 0.5) is 0 Å². The van der Waals surface area contributed by atoms with E-state index in [0.717, 1.165) is 23.6 Å². The van der Waals surface area contributed by atoms with Gasteiger partial charge in [-0.3, -0.25) is 4.79 Å². The van der Waals surface area contributed by atoms with Crippen LogP contribution >= 0.6 is 0 Å². The second kappa shape index (κ2) is 6.75. The number of imidazole rings is 1. The van der Waals surface area contributed by atoms with Crippen LogP contribution in [0.5, 0.6) is 5.75 Å². The van der Waals surface area contributed by atoms with Gasteiger partial charge in [-0.25, -0.2) is 4.98 Å². The minimum absolute atomic E-state index is 0.206. The van der Waals surface area contributed by atoms with Crippen molar-refractivity contribution in [3.63, 3.8) is 0 Å². The third-order valence-corrected chi connectivity index (χ3v) is 3.12. The van der Waals surface area contributed by atoms with Crippen LogP contribution in [0, 0.1) is 0 Å². The number of benzene rings is 1. The topological polar surface area (TPSA) is 53.3 Å². The highest BCUT2D eigenvalue weighted by Crippen LogP contribution is 2.13. The molecule has 0 aliphatic carbocycles. The number of aromatic nitrogens is 2. The average molecular weight is 274 g/mol. The van der Waals surface area contributed by atoms with E-state index in [0.29, 0.717) is 12.8 Å². The fourth-order valence-corrected chi connectivity index (χ4v) is 1.96. The van der Waals surface area contributed by atoms with Gasteiger partial charge < -0.3 is 14.0 Å². The molecule has 0 fully saturated rings. The van der Waals surface area contributed by atoms with Crippen LogP contribution in [0.15, 0.2) is 36.8 Å². The zero-order valence-corrected chi connectivity index (χ0v) is 11.7. The average Bonchev–Trinajstić information content (AvgIpc) is 2.92. The van der Waals surface area contributed by atoms with Crippen LogP contribution in [-0.2, 0) is 22.5 Å². The number of hydrogen-bond donors (Lipinski definition) is 0. The molecule has 0 aliphatic rings. The first-order chi connectivity index (χ1) is 9.72. The van der Waals surface area contributed by atoms with E-state index in [2.05, 4.69) is 9.72 Å². The summed E-state index contributed by atoms with van der Waals surface area (Å²) in [6.07, 6.45) is 4.55. The number of carbonyl (C=O) groups excluding carboxylic acids is 1. The summed E-state index contributed by atoms with van der Waals surface area (Å²) in [7, 11) is 3.05. The van der Waals surface area contributed by atoms with Crippen molar-refractivity contribution in [1.82, 2.24) is 9.55 Å². The molecule has 0 atom stereocenters. The Labute approximate surface area is 118 Å². The second-order valence-corrected chi connectivity index (χ2v) is 4.44. The van der Waals surface area contributed by atoms with Crippen molar-refractivity contribution < 1.29 is 14.3 Å². The van der Waals surface area contributed by atoms with E-state index < -0.39 is 0 Å². The molecule has 0 radical (unpaired) electrons. The quantitative estimate of drug-likeness (QED) is 0.756. The summed E-state index contributed by atoms with van der Waals surface area (Å²) in [5.41, 5.74) is 2.18. The molecule has 0 N–H and O–H groups in total. The number of aryl methyl sites for hydroxylation is 1. The molecule has 0 saturated carbocycles. The van der Waals surface area contributed by atoms with Crippen molar-refractivity contribution in [1.29, 1.82) is 0 Å².